The molecule has 3 heteroatoms. The van der Waals surface area contributed by atoms with Gasteiger partial charge < -0.3 is 10.1 Å². The average molecular weight is 235 g/mol. The summed E-state index contributed by atoms with van der Waals surface area (Å²) in [4.78, 5) is 11.3. The summed E-state index contributed by atoms with van der Waals surface area (Å²) in [7, 11) is 1.52. The van der Waals surface area contributed by atoms with E-state index in [-0.39, 0.29) is 18.6 Å². The van der Waals surface area contributed by atoms with Crippen LogP contribution < -0.4 is 5.32 Å². The van der Waals surface area contributed by atoms with E-state index in [1.807, 2.05) is 6.92 Å². The van der Waals surface area contributed by atoms with Crippen LogP contribution in [0.15, 0.2) is 18.2 Å². The molecule has 0 saturated carbocycles. The van der Waals surface area contributed by atoms with Crippen molar-refractivity contribution in [2.24, 2.45) is 0 Å². The van der Waals surface area contributed by atoms with Gasteiger partial charge in [0.05, 0.1) is 0 Å². The van der Waals surface area contributed by atoms with Crippen molar-refractivity contribution in [3.8, 4) is 0 Å². The molecule has 3 nitrogen and oxygen atoms in total. The smallest absolute Gasteiger partial charge is 0.246 e. The van der Waals surface area contributed by atoms with Crippen LogP contribution in [0, 0.1) is 13.8 Å². The van der Waals surface area contributed by atoms with Gasteiger partial charge in [0.1, 0.15) is 6.61 Å². The fourth-order valence-electron chi connectivity index (χ4n) is 2.04. The van der Waals surface area contributed by atoms with Crippen LogP contribution in [0.2, 0.25) is 0 Å². The lowest BCUT2D eigenvalue weighted by Gasteiger charge is -2.14. The first-order chi connectivity index (χ1) is 8.01. The Morgan fingerprint density at radius 2 is 1.88 bits per heavy atom. The number of carbonyl (C=O) groups is 1. The molecule has 0 aliphatic carbocycles. The number of aryl methyl sites for hydroxylation is 2. The van der Waals surface area contributed by atoms with E-state index in [9.17, 15) is 4.79 Å². The summed E-state index contributed by atoms with van der Waals surface area (Å²) in [5, 5.41) is 2.90. The number of benzene rings is 1. The Labute approximate surface area is 103 Å². The molecule has 1 aromatic carbocycles. The third-order valence-electron chi connectivity index (χ3n) is 2.51. The summed E-state index contributed by atoms with van der Waals surface area (Å²) in [6.07, 6.45) is 0.845. The molecule has 0 heterocycles. The van der Waals surface area contributed by atoms with Crippen LogP contribution in [0.5, 0.6) is 0 Å². The molecule has 1 N–H and O–H groups in total. The van der Waals surface area contributed by atoms with Crippen molar-refractivity contribution in [1.82, 2.24) is 5.32 Å². The van der Waals surface area contributed by atoms with Crippen LogP contribution in [0.1, 0.15) is 23.6 Å². The maximum absolute atomic E-state index is 11.3. The first kappa shape index (κ1) is 13.7. The lowest BCUT2D eigenvalue weighted by atomic mass is 10.0. The van der Waals surface area contributed by atoms with Crippen LogP contribution in [0.25, 0.3) is 0 Å². The monoisotopic (exact) mass is 235 g/mol. The predicted octanol–water partition coefficient (Wildman–Crippen LogP) is 2.00. The van der Waals surface area contributed by atoms with E-state index in [1.54, 1.807) is 0 Å². The normalized spacial score (nSPS) is 12.2. The van der Waals surface area contributed by atoms with Crippen LogP contribution in [-0.4, -0.2) is 25.7 Å². The van der Waals surface area contributed by atoms with Crippen molar-refractivity contribution in [3.63, 3.8) is 0 Å². The zero-order valence-corrected chi connectivity index (χ0v) is 11.0. The zero-order valence-electron chi connectivity index (χ0n) is 11.0. The molecule has 0 fully saturated rings. The predicted molar refractivity (Wildman–Crippen MR) is 69.1 cm³/mol. The molecule has 17 heavy (non-hydrogen) atoms. The number of carbonyl (C=O) groups excluding carboxylic acids is 1. The Kier molecular flexibility index (Phi) is 5.16. The first-order valence-electron chi connectivity index (χ1n) is 5.86. The van der Waals surface area contributed by atoms with Crippen molar-refractivity contribution >= 4 is 5.91 Å². The summed E-state index contributed by atoms with van der Waals surface area (Å²) >= 11 is 0. The van der Waals surface area contributed by atoms with Crippen molar-refractivity contribution in [3.05, 3.63) is 34.9 Å². The van der Waals surface area contributed by atoms with Crippen LogP contribution in [-0.2, 0) is 16.0 Å². The van der Waals surface area contributed by atoms with Gasteiger partial charge in [-0.1, -0.05) is 29.3 Å². The molecule has 94 valence electrons. The Hall–Kier alpha value is -1.35. The third kappa shape index (κ3) is 5.00. The molecule has 0 aliphatic rings. The van der Waals surface area contributed by atoms with Gasteiger partial charge in [0.15, 0.2) is 0 Å². The highest BCUT2D eigenvalue weighted by atomic mass is 16.5. The van der Waals surface area contributed by atoms with Crippen LogP contribution in [0.4, 0.5) is 0 Å². The molecule has 1 rings (SSSR count). The number of hydrogen-bond acceptors (Lipinski definition) is 2. The largest absolute Gasteiger partial charge is 0.375 e. The van der Waals surface area contributed by atoms with Gasteiger partial charge in [0, 0.05) is 13.2 Å². The van der Waals surface area contributed by atoms with E-state index in [0.29, 0.717) is 0 Å². The summed E-state index contributed by atoms with van der Waals surface area (Å²) in [5.41, 5.74) is 3.78. The Bertz CT molecular complexity index is 368. The maximum Gasteiger partial charge on any atom is 0.246 e. The number of rotatable bonds is 5. The highest BCUT2D eigenvalue weighted by molar-refractivity contribution is 5.77. The minimum atomic E-state index is -0.0654. The molecule has 0 radical (unpaired) electrons. The molecule has 1 unspecified atom stereocenters. The molecule has 1 atom stereocenters. The fraction of sp³-hybridized carbons (Fsp3) is 0.500. The number of ether oxygens (including phenoxy) is 1. The van der Waals surface area contributed by atoms with Gasteiger partial charge in [0.25, 0.3) is 0 Å². The van der Waals surface area contributed by atoms with Gasteiger partial charge >= 0.3 is 0 Å². The topological polar surface area (TPSA) is 38.3 Å². The van der Waals surface area contributed by atoms with Gasteiger partial charge in [-0.15, -0.1) is 0 Å². The third-order valence-corrected chi connectivity index (χ3v) is 2.51. The minimum absolute atomic E-state index is 0.0654. The molecule has 0 aliphatic heterocycles. The molecular formula is C14H21NO2. The van der Waals surface area contributed by atoms with E-state index in [4.69, 9.17) is 4.74 Å². The second-order valence-corrected chi connectivity index (χ2v) is 4.60. The molecule has 0 saturated heterocycles. The van der Waals surface area contributed by atoms with Gasteiger partial charge in [-0.3, -0.25) is 4.79 Å². The van der Waals surface area contributed by atoms with Gasteiger partial charge in [-0.05, 0) is 32.8 Å². The molecule has 0 aromatic heterocycles. The molecule has 0 bridgehead atoms. The Morgan fingerprint density at radius 3 is 2.41 bits per heavy atom. The first-order valence-corrected chi connectivity index (χ1v) is 5.86. The van der Waals surface area contributed by atoms with Crippen molar-refractivity contribution in [2.45, 2.75) is 33.2 Å². The van der Waals surface area contributed by atoms with Gasteiger partial charge in [-0.2, -0.15) is 0 Å². The maximum atomic E-state index is 11.3. The molecule has 1 aromatic rings. The highest BCUT2D eigenvalue weighted by Crippen LogP contribution is 2.10. The number of amides is 1. The Balaban J connectivity index is 2.55. The second kappa shape index (κ2) is 6.40. The average Bonchev–Trinajstić information content (AvgIpc) is 2.14. The van der Waals surface area contributed by atoms with Crippen LogP contribution in [0.3, 0.4) is 0 Å². The van der Waals surface area contributed by atoms with E-state index < -0.39 is 0 Å². The highest BCUT2D eigenvalue weighted by Gasteiger charge is 2.08. The van der Waals surface area contributed by atoms with E-state index in [1.165, 1.54) is 23.8 Å². The van der Waals surface area contributed by atoms with E-state index in [2.05, 4.69) is 37.4 Å². The SMILES string of the molecule is COCC(=O)NC(C)Cc1cc(C)cc(C)c1. The lowest BCUT2D eigenvalue weighted by Crippen LogP contribution is -2.36. The molecule has 0 spiro atoms. The quantitative estimate of drug-likeness (QED) is 0.847. The van der Waals surface area contributed by atoms with E-state index in [0.717, 1.165) is 6.42 Å². The minimum Gasteiger partial charge on any atom is -0.375 e. The van der Waals surface area contributed by atoms with Gasteiger partial charge in [-0.25, -0.2) is 0 Å². The zero-order chi connectivity index (χ0) is 12.8. The number of nitrogens with one attached hydrogen (secondary N) is 1. The summed E-state index contributed by atoms with van der Waals surface area (Å²) in [6, 6.07) is 6.59. The Morgan fingerprint density at radius 1 is 1.29 bits per heavy atom. The number of hydrogen-bond donors (Lipinski definition) is 1. The van der Waals surface area contributed by atoms with Gasteiger partial charge in [0.2, 0.25) is 5.91 Å². The number of methoxy groups -OCH3 is 1. The van der Waals surface area contributed by atoms with E-state index >= 15 is 0 Å². The van der Waals surface area contributed by atoms with Crippen molar-refractivity contribution < 1.29 is 9.53 Å². The summed E-state index contributed by atoms with van der Waals surface area (Å²) in [5.74, 6) is -0.0654. The standard InChI is InChI=1S/C14H21NO2/c1-10-5-11(2)7-13(6-10)8-12(3)15-14(16)9-17-4/h5-7,12H,8-9H2,1-4H3,(H,15,16). The van der Waals surface area contributed by atoms with Crippen molar-refractivity contribution in [1.29, 1.82) is 0 Å². The van der Waals surface area contributed by atoms with Crippen molar-refractivity contribution in [2.75, 3.05) is 13.7 Å². The van der Waals surface area contributed by atoms with Crippen LogP contribution >= 0.6 is 0 Å². The summed E-state index contributed by atoms with van der Waals surface area (Å²) in [6.45, 7) is 6.30. The second-order valence-electron chi connectivity index (χ2n) is 4.60. The fourth-order valence-corrected chi connectivity index (χ4v) is 2.04. The molecule has 1 amide bonds. The molecular weight excluding hydrogens is 214 g/mol. The lowest BCUT2D eigenvalue weighted by molar-refractivity contribution is -0.125. The summed E-state index contributed by atoms with van der Waals surface area (Å²) < 4.78 is 4.78.